The fourth-order valence-corrected chi connectivity index (χ4v) is 0.740. The van der Waals surface area contributed by atoms with E-state index in [4.69, 9.17) is 15.6 Å². The third-order valence-electron chi connectivity index (χ3n) is 1.18. The molecule has 0 saturated heterocycles. The zero-order valence-corrected chi connectivity index (χ0v) is 5.57. The Morgan fingerprint density at radius 2 is 1.45 bits per heavy atom. The lowest BCUT2D eigenvalue weighted by atomic mass is 10.1. The average Bonchev–Trinajstić information content (AvgIpc) is 2.03. The van der Waals surface area contributed by atoms with Crippen LogP contribution in [-0.4, -0.2) is 5.11 Å². The second-order valence-electron chi connectivity index (χ2n) is 1.99. The second-order valence-corrected chi connectivity index (χ2v) is 1.99. The summed E-state index contributed by atoms with van der Waals surface area (Å²) in [6.45, 7) is 0. The number of benzene rings is 1. The van der Waals surface area contributed by atoms with E-state index >= 15 is 0 Å². The number of nitriles is 2. The predicted molar refractivity (Wildman–Crippen MR) is 37.5 cm³/mol. The normalized spacial score (nSPS) is 8.18. The molecule has 1 aromatic rings. The van der Waals surface area contributed by atoms with E-state index in [1.54, 1.807) is 0 Å². The Balaban J connectivity index is 3.28. The topological polar surface area (TPSA) is 67.8 Å². The van der Waals surface area contributed by atoms with Gasteiger partial charge in [-0.25, -0.2) is 0 Å². The van der Waals surface area contributed by atoms with E-state index in [1.165, 1.54) is 18.2 Å². The lowest BCUT2D eigenvalue weighted by Crippen LogP contribution is -1.77. The Kier molecular flexibility index (Phi) is 1.76. The Morgan fingerprint density at radius 1 is 1.00 bits per heavy atom. The smallest absolute Gasteiger partial charge is 0.118 e. The molecule has 0 aliphatic carbocycles. The minimum absolute atomic E-state index is 0.0550. The van der Waals surface area contributed by atoms with Crippen LogP contribution < -0.4 is 0 Å². The first-order chi connectivity index (χ1) is 5.26. The summed E-state index contributed by atoms with van der Waals surface area (Å²) in [5.41, 5.74) is 0.586. The first-order valence-electron chi connectivity index (χ1n) is 2.90. The van der Waals surface area contributed by atoms with Gasteiger partial charge in [-0.3, -0.25) is 0 Å². The molecule has 1 N–H and O–H groups in total. The number of rotatable bonds is 0. The van der Waals surface area contributed by atoms with Crippen molar-refractivity contribution in [3.05, 3.63) is 29.3 Å². The van der Waals surface area contributed by atoms with Gasteiger partial charge in [0.25, 0.3) is 0 Å². The van der Waals surface area contributed by atoms with Crippen molar-refractivity contribution in [3.63, 3.8) is 0 Å². The average molecular weight is 144 g/mol. The van der Waals surface area contributed by atoms with Crippen molar-refractivity contribution in [1.29, 1.82) is 10.5 Å². The summed E-state index contributed by atoms with van der Waals surface area (Å²) in [5.74, 6) is -0.0550. The zero-order chi connectivity index (χ0) is 8.27. The quantitative estimate of drug-likeness (QED) is 0.593. The fraction of sp³-hybridized carbons (Fsp3) is 0. The summed E-state index contributed by atoms with van der Waals surface area (Å²) >= 11 is 0. The van der Waals surface area contributed by atoms with Gasteiger partial charge < -0.3 is 5.11 Å². The number of nitrogens with zero attached hydrogens (tertiary/aromatic N) is 2. The molecule has 52 valence electrons. The number of phenols is 1. The van der Waals surface area contributed by atoms with Gasteiger partial charge in [0.2, 0.25) is 0 Å². The Morgan fingerprint density at radius 3 is 1.82 bits per heavy atom. The highest BCUT2D eigenvalue weighted by Gasteiger charge is 1.97. The van der Waals surface area contributed by atoms with Gasteiger partial charge in [0.05, 0.1) is 23.3 Å². The highest BCUT2D eigenvalue weighted by molar-refractivity contribution is 5.44. The van der Waals surface area contributed by atoms with Gasteiger partial charge in [-0.1, -0.05) is 0 Å². The van der Waals surface area contributed by atoms with Crippen LogP contribution in [0.15, 0.2) is 18.2 Å². The van der Waals surface area contributed by atoms with Gasteiger partial charge in [0.1, 0.15) is 5.75 Å². The molecule has 3 nitrogen and oxygen atoms in total. The molecule has 0 unspecified atom stereocenters. The third kappa shape index (κ3) is 1.47. The molecule has 0 aromatic heterocycles. The summed E-state index contributed by atoms with van der Waals surface area (Å²) in [6.07, 6.45) is 0. The Hall–Kier alpha value is -2.00. The van der Waals surface area contributed by atoms with E-state index in [-0.39, 0.29) is 5.75 Å². The van der Waals surface area contributed by atoms with Crippen LogP contribution in [0.2, 0.25) is 0 Å². The van der Waals surface area contributed by atoms with E-state index in [0.717, 1.165) is 0 Å². The highest BCUT2D eigenvalue weighted by atomic mass is 16.3. The molecular formula is C8H4N2O. The van der Waals surface area contributed by atoms with Gasteiger partial charge in [-0.15, -0.1) is 0 Å². The maximum atomic E-state index is 8.95. The van der Waals surface area contributed by atoms with Gasteiger partial charge in [0, 0.05) is 0 Å². The molecular weight excluding hydrogens is 140 g/mol. The van der Waals surface area contributed by atoms with Crippen LogP contribution in [0.1, 0.15) is 11.1 Å². The first kappa shape index (κ1) is 7.11. The molecule has 1 rings (SSSR count). The molecule has 0 fully saturated rings. The van der Waals surface area contributed by atoms with Crippen molar-refractivity contribution >= 4 is 0 Å². The molecule has 0 saturated carbocycles. The first-order valence-corrected chi connectivity index (χ1v) is 2.90. The summed E-state index contributed by atoms with van der Waals surface area (Å²) in [4.78, 5) is 0. The fourth-order valence-electron chi connectivity index (χ4n) is 0.740. The molecule has 0 amide bonds. The van der Waals surface area contributed by atoms with Crippen LogP contribution >= 0.6 is 0 Å². The molecule has 0 spiro atoms. The Bertz CT molecular complexity index is 325. The zero-order valence-electron chi connectivity index (χ0n) is 5.57. The third-order valence-corrected chi connectivity index (χ3v) is 1.18. The van der Waals surface area contributed by atoms with Crippen molar-refractivity contribution in [2.75, 3.05) is 0 Å². The van der Waals surface area contributed by atoms with Crippen LogP contribution in [0.25, 0.3) is 0 Å². The van der Waals surface area contributed by atoms with Crippen molar-refractivity contribution < 1.29 is 5.11 Å². The van der Waals surface area contributed by atoms with Crippen molar-refractivity contribution in [3.8, 4) is 17.9 Å². The number of hydrogen-bond donors (Lipinski definition) is 1. The maximum Gasteiger partial charge on any atom is 0.118 e. The molecule has 0 aliphatic heterocycles. The molecule has 0 heterocycles. The summed E-state index contributed by atoms with van der Waals surface area (Å²) < 4.78 is 0. The van der Waals surface area contributed by atoms with Crippen LogP contribution in [0.3, 0.4) is 0 Å². The lowest BCUT2D eigenvalue weighted by Gasteiger charge is -1.92. The van der Waals surface area contributed by atoms with Gasteiger partial charge in [-0.2, -0.15) is 10.5 Å². The van der Waals surface area contributed by atoms with Gasteiger partial charge >= 0.3 is 0 Å². The van der Waals surface area contributed by atoms with E-state index in [9.17, 15) is 0 Å². The van der Waals surface area contributed by atoms with Crippen molar-refractivity contribution in [1.82, 2.24) is 0 Å². The summed E-state index contributed by atoms with van der Waals surface area (Å²) in [7, 11) is 0. The lowest BCUT2D eigenvalue weighted by molar-refractivity contribution is 0.475. The largest absolute Gasteiger partial charge is 0.508 e. The van der Waals surface area contributed by atoms with E-state index in [1.807, 2.05) is 12.1 Å². The summed E-state index contributed by atoms with van der Waals surface area (Å²) in [5, 5.41) is 25.8. The molecule has 0 bridgehead atoms. The monoisotopic (exact) mass is 144 g/mol. The van der Waals surface area contributed by atoms with Crippen molar-refractivity contribution in [2.24, 2.45) is 0 Å². The Labute approximate surface area is 63.7 Å². The van der Waals surface area contributed by atoms with E-state index < -0.39 is 0 Å². The van der Waals surface area contributed by atoms with Gasteiger partial charge in [0.15, 0.2) is 0 Å². The van der Waals surface area contributed by atoms with Gasteiger partial charge in [-0.05, 0) is 18.2 Å². The van der Waals surface area contributed by atoms with Crippen LogP contribution in [0, 0.1) is 22.7 Å². The SMILES string of the molecule is N#Cc1cc(O)cc(C#N)c1. The minimum Gasteiger partial charge on any atom is -0.508 e. The standard InChI is InChI=1S/C8H4N2O/c9-4-6-1-7(5-10)3-8(11)2-6/h1-3,11H. The van der Waals surface area contributed by atoms with E-state index in [2.05, 4.69) is 0 Å². The van der Waals surface area contributed by atoms with Crippen LogP contribution in [-0.2, 0) is 0 Å². The van der Waals surface area contributed by atoms with Crippen LogP contribution in [0.5, 0.6) is 5.75 Å². The van der Waals surface area contributed by atoms with Crippen molar-refractivity contribution in [2.45, 2.75) is 0 Å². The minimum atomic E-state index is -0.0550. The number of aromatic hydroxyl groups is 1. The molecule has 3 heteroatoms. The predicted octanol–water partition coefficient (Wildman–Crippen LogP) is 1.14. The second kappa shape index (κ2) is 2.72. The highest BCUT2D eigenvalue weighted by Crippen LogP contribution is 2.13. The van der Waals surface area contributed by atoms with E-state index in [0.29, 0.717) is 11.1 Å². The molecule has 0 radical (unpaired) electrons. The molecule has 1 aromatic carbocycles. The number of hydrogen-bond acceptors (Lipinski definition) is 3. The maximum absolute atomic E-state index is 8.95. The number of phenolic OH excluding ortho intramolecular Hbond substituents is 1. The molecule has 0 atom stereocenters. The molecule has 11 heavy (non-hydrogen) atoms. The van der Waals surface area contributed by atoms with Crippen LogP contribution in [0.4, 0.5) is 0 Å². The summed E-state index contributed by atoms with van der Waals surface area (Å²) in [6, 6.07) is 7.69. The molecule has 0 aliphatic rings.